The van der Waals surface area contributed by atoms with E-state index in [1.165, 1.54) is 24.3 Å². The minimum absolute atomic E-state index is 0.0231. The van der Waals surface area contributed by atoms with E-state index in [4.69, 9.17) is 20.9 Å². The molecule has 2 aromatic carbocycles. The minimum atomic E-state index is -0.558. The van der Waals surface area contributed by atoms with Crippen LogP contribution < -0.4 is 0 Å². The second kappa shape index (κ2) is 7.06. The summed E-state index contributed by atoms with van der Waals surface area (Å²) < 4.78 is 39.8. The Hall–Kier alpha value is -3.10. The van der Waals surface area contributed by atoms with Crippen molar-refractivity contribution in [3.63, 3.8) is 0 Å². The Bertz CT molecular complexity index is 1190. The fourth-order valence-corrected chi connectivity index (χ4v) is 3.31. The molecule has 0 aliphatic carbocycles. The summed E-state index contributed by atoms with van der Waals surface area (Å²) in [4.78, 5) is 4.31. The lowest BCUT2D eigenvalue weighted by molar-refractivity contribution is -0.00116. The number of ether oxygens (including phenoxy) is 1. The molecule has 0 unspecified atom stereocenters. The fraction of sp³-hybridized carbons (Fsp3) is 0.150. The highest BCUT2D eigenvalue weighted by Crippen LogP contribution is 2.30. The number of hydrogen-bond donors (Lipinski definition) is 0. The van der Waals surface area contributed by atoms with E-state index in [0.29, 0.717) is 24.4 Å². The Morgan fingerprint density at radius 2 is 1.90 bits per heavy atom. The maximum Gasteiger partial charge on any atom is 0.278 e. The molecule has 1 aliphatic heterocycles. The van der Waals surface area contributed by atoms with Crippen LogP contribution in [0.25, 0.3) is 23.0 Å². The normalized spacial score (nSPS) is 16.0. The third-order valence-electron chi connectivity index (χ3n) is 4.70. The Labute approximate surface area is 168 Å². The number of rotatable bonds is 3. The van der Waals surface area contributed by atoms with Gasteiger partial charge in [-0.05, 0) is 42.0 Å². The third kappa shape index (κ3) is 3.41. The van der Waals surface area contributed by atoms with E-state index in [-0.39, 0.29) is 28.7 Å². The van der Waals surface area contributed by atoms with Crippen LogP contribution >= 0.6 is 11.6 Å². The zero-order valence-electron chi connectivity index (χ0n) is 14.8. The Morgan fingerprint density at radius 1 is 1.07 bits per heavy atom. The summed E-state index contributed by atoms with van der Waals surface area (Å²) in [5.74, 6) is -0.395. The smallest absolute Gasteiger partial charge is 0.278 e. The number of aromatic nitrogens is 4. The summed E-state index contributed by atoms with van der Waals surface area (Å²) in [7, 11) is 0. The minimum Gasteiger partial charge on any atom is -0.365 e. The molecule has 5 rings (SSSR count). The molecule has 0 radical (unpaired) electrons. The molecule has 9 heteroatoms. The first-order valence-electron chi connectivity index (χ1n) is 8.80. The van der Waals surface area contributed by atoms with Crippen LogP contribution in [0.3, 0.4) is 0 Å². The van der Waals surface area contributed by atoms with Crippen molar-refractivity contribution >= 4 is 11.6 Å². The van der Waals surface area contributed by atoms with Gasteiger partial charge in [0.05, 0.1) is 23.9 Å². The number of benzene rings is 2. The average molecular weight is 415 g/mol. The summed E-state index contributed by atoms with van der Waals surface area (Å²) >= 11 is 5.71. The van der Waals surface area contributed by atoms with Gasteiger partial charge in [0.15, 0.2) is 5.69 Å². The molecular formula is C20H13ClF2N4O2. The molecule has 3 heterocycles. The molecule has 0 amide bonds. The zero-order chi connectivity index (χ0) is 20.0. The summed E-state index contributed by atoms with van der Waals surface area (Å²) in [5.41, 5.74) is 2.68. The van der Waals surface area contributed by atoms with Crippen molar-refractivity contribution in [1.82, 2.24) is 19.9 Å². The van der Waals surface area contributed by atoms with Crippen molar-refractivity contribution in [3.05, 3.63) is 76.4 Å². The SMILES string of the molecule is Fc1ccc([C@H]2Cn3nc(-c4nc(-c5ccc(Cl)c(F)c5)no4)cc3CO2)cc1. The van der Waals surface area contributed by atoms with Gasteiger partial charge >= 0.3 is 0 Å². The van der Waals surface area contributed by atoms with Crippen LogP contribution in [-0.2, 0) is 17.9 Å². The molecule has 146 valence electrons. The summed E-state index contributed by atoms with van der Waals surface area (Å²) in [6, 6.07) is 12.3. The molecule has 4 aromatic rings. The number of halogens is 3. The second-order valence-electron chi connectivity index (χ2n) is 6.61. The van der Waals surface area contributed by atoms with Crippen LogP contribution in [0.2, 0.25) is 5.02 Å². The van der Waals surface area contributed by atoms with Crippen molar-refractivity contribution in [2.45, 2.75) is 19.3 Å². The molecule has 1 atom stereocenters. The molecular weight excluding hydrogens is 402 g/mol. The van der Waals surface area contributed by atoms with Gasteiger partial charge in [-0.25, -0.2) is 8.78 Å². The van der Waals surface area contributed by atoms with Crippen molar-refractivity contribution in [1.29, 1.82) is 0 Å². The van der Waals surface area contributed by atoms with E-state index in [0.717, 1.165) is 11.3 Å². The van der Waals surface area contributed by atoms with Crippen molar-refractivity contribution in [3.8, 4) is 23.0 Å². The van der Waals surface area contributed by atoms with Gasteiger partial charge in [-0.2, -0.15) is 10.1 Å². The molecule has 0 spiro atoms. The summed E-state index contributed by atoms with van der Waals surface area (Å²) in [5, 5.41) is 8.45. The van der Waals surface area contributed by atoms with E-state index >= 15 is 0 Å². The van der Waals surface area contributed by atoms with E-state index in [2.05, 4.69) is 15.2 Å². The highest BCUT2D eigenvalue weighted by Gasteiger charge is 2.24. The topological polar surface area (TPSA) is 66.0 Å². The molecule has 0 saturated heterocycles. The molecule has 6 nitrogen and oxygen atoms in total. The maximum absolute atomic E-state index is 13.7. The van der Waals surface area contributed by atoms with Crippen LogP contribution in [0.4, 0.5) is 8.78 Å². The first-order chi connectivity index (χ1) is 14.1. The third-order valence-corrected chi connectivity index (χ3v) is 5.01. The monoisotopic (exact) mass is 414 g/mol. The van der Waals surface area contributed by atoms with Gasteiger partial charge < -0.3 is 9.26 Å². The van der Waals surface area contributed by atoms with Crippen LogP contribution in [0.15, 0.2) is 53.1 Å². The summed E-state index contributed by atoms with van der Waals surface area (Å²) in [6.07, 6.45) is -0.230. The number of fused-ring (bicyclic) bond motifs is 1. The van der Waals surface area contributed by atoms with Crippen molar-refractivity contribution in [2.24, 2.45) is 0 Å². The summed E-state index contributed by atoms with van der Waals surface area (Å²) in [6.45, 7) is 0.822. The quantitative estimate of drug-likeness (QED) is 0.481. The van der Waals surface area contributed by atoms with Gasteiger partial charge in [-0.1, -0.05) is 28.9 Å². The van der Waals surface area contributed by atoms with Gasteiger partial charge in [0.25, 0.3) is 5.89 Å². The van der Waals surface area contributed by atoms with Crippen LogP contribution in [0.1, 0.15) is 17.4 Å². The standard InChI is InChI=1S/C20H13ClF2N4O2/c21-15-6-3-12(7-16(15)23)19-24-20(29-26-19)17-8-14-10-28-18(9-27(14)25-17)11-1-4-13(22)5-2-11/h1-8,18H,9-10H2/t18-/m1/s1. The van der Waals surface area contributed by atoms with Crippen LogP contribution in [0.5, 0.6) is 0 Å². The number of nitrogens with zero attached hydrogens (tertiary/aromatic N) is 4. The number of hydrogen-bond acceptors (Lipinski definition) is 5. The predicted molar refractivity (Wildman–Crippen MR) is 99.9 cm³/mol. The lowest BCUT2D eigenvalue weighted by Crippen LogP contribution is -2.21. The van der Waals surface area contributed by atoms with Crippen LogP contribution in [-0.4, -0.2) is 19.9 Å². The van der Waals surface area contributed by atoms with Crippen molar-refractivity contribution < 1.29 is 18.0 Å². The lowest BCUT2D eigenvalue weighted by atomic mass is 10.1. The Morgan fingerprint density at radius 3 is 2.69 bits per heavy atom. The zero-order valence-corrected chi connectivity index (χ0v) is 15.6. The van der Waals surface area contributed by atoms with Gasteiger partial charge in [0.1, 0.15) is 17.7 Å². The predicted octanol–water partition coefficient (Wildman–Crippen LogP) is 4.80. The molecule has 0 bridgehead atoms. The van der Waals surface area contributed by atoms with Crippen LogP contribution in [0, 0.1) is 11.6 Å². The van der Waals surface area contributed by atoms with E-state index < -0.39 is 5.82 Å². The Balaban J connectivity index is 1.40. The first-order valence-corrected chi connectivity index (χ1v) is 9.18. The van der Waals surface area contributed by atoms with E-state index in [1.54, 1.807) is 28.9 Å². The maximum atomic E-state index is 13.7. The largest absolute Gasteiger partial charge is 0.365 e. The van der Waals surface area contributed by atoms with Gasteiger partial charge in [0, 0.05) is 5.56 Å². The molecule has 2 aromatic heterocycles. The second-order valence-corrected chi connectivity index (χ2v) is 7.01. The molecule has 0 saturated carbocycles. The van der Waals surface area contributed by atoms with E-state index in [1.807, 2.05) is 0 Å². The van der Waals surface area contributed by atoms with Gasteiger partial charge in [-0.15, -0.1) is 0 Å². The highest BCUT2D eigenvalue weighted by molar-refractivity contribution is 6.30. The molecule has 0 N–H and O–H groups in total. The van der Waals surface area contributed by atoms with Crippen molar-refractivity contribution in [2.75, 3.05) is 0 Å². The van der Waals surface area contributed by atoms with Gasteiger partial charge in [-0.3, -0.25) is 4.68 Å². The van der Waals surface area contributed by atoms with Gasteiger partial charge in [0.2, 0.25) is 5.82 Å². The fourth-order valence-electron chi connectivity index (χ4n) is 3.19. The van der Waals surface area contributed by atoms with E-state index in [9.17, 15) is 8.78 Å². The first kappa shape index (κ1) is 18.0. The molecule has 29 heavy (non-hydrogen) atoms. The molecule has 0 fully saturated rings. The highest BCUT2D eigenvalue weighted by atomic mass is 35.5. The lowest BCUT2D eigenvalue weighted by Gasteiger charge is -2.24. The Kier molecular flexibility index (Phi) is 4.37. The average Bonchev–Trinajstić information content (AvgIpc) is 3.37. The molecule has 1 aliphatic rings.